The lowest BCUT2D eigenvalue weighted by atomic mass is 10.1. The topological polar surface area (TPSA) is 43.8 Å². The Morgan fingerprint density at radius 2 is 2.06 bits per heavy atom. The molecule has 3 nitrogen and oxygen atoms in total. The van der Waals surface area contributed by atoms with Gasteiger partial charge in [0.1, 0.15) is 5.82 Å². The van der Waals surface area contributed by atoms with Gasteiger partial charge >= 0.3 is 6.18 Å². The summed E-state index contributed by atoms with van der Waals surface area (Å²) in [6, 6.07) is 4.08. The highest BCUT2D eigenvalue weighted by atomic mass is 19.4. The number of hydrogen-bond acceptors (Lipinski definition) is 2. The van der Waals surface area contributed by atoms with Gasteiger partial charge in [-0.1, -0.05) is 6.07 Å². The van der Waals surface area contributed by atoms with Crippen molar-refractivity contribution in [3.63, 3.8) is 0 Å². The van der Waals surface area contributed by atoms with Gasteiger partial charge in [0.15, 0.2) is 0 Å². The maximum atomic E-state index is 13.0. The summed E-state index contributed by atoms with van der Waals surface area (Å²) in [7, 11) is 0. The van der Waals surface area contributed by atoms with E-state index in [4.69, 9.17) is 5.73 Å². The van der Waals surface area contributed by atoms with Crippen molar-refractivity contribution in [2.24, 2.45) is 5.73 Å². The number of aromatic nitrogens is 2. The number of benzene rings is 1. The molecule has 6 heteroatoms. The predicted molar refractivity (Wildman–Crippen MR) is 61.2 cm³/mol. The van der Waals surface area contributed by atoms with Gasteiger partial charge in [-0.05, 0) is 24.6 Å². The Hall–Kier alpha value is -1.82. The maximum Gasteiger partial charge on any atom is 0.418 e. The number of aryl methyl sites for hydroxylation is 1. The third-order valence-electron chi connectivity index (χ3n) is 2.69. The van der Waals surface area contributed by atoms with Crippen molar-refractivity contribution in [1.82, 2.24) is 9.55 Å². The highest BCUT2D eigenvalue weighted by Gasteiger charge is 2.34. The molecule has 0 radical (unpaired) electrons. The van der Waals surface area contributed by atoms with Crippen LogP contribution in [0.2, 0.25) is 0 Å². The summed E-state index contributed by atoms with van der Waals surface area (Å²) in [4.78, 5) is 3.93. The summed E-state index contributed by atoms with van der Waals surface area (Å²) < 4.78 is 40.4. The lowest BCUT2D eigenvalue weighted by molar-refractivity contribution is -0.137. The lowest BCUT2D eigenvalue weighted by Gasteiger charge is -2.15. The Kier molecular flexibility index (Phi) is 3.13. The molecule has 0 atom stereocenters. The largest absolute Gasteiger partial charge is 0.418 e. The second-order valence-electron chi connectivity index (χ2n) is 3.90. The second-order valence-corrected chi connectivity index (χ2v) is 3.90. The van der Waals surface area contributed by atoms with Gasteiger partial charge in [0.2, 0.25) is 0 Å². The monoisotopic (exact) mass is 255 g/mol. The molecule has 2 rings (SSSR count). The van der Waals surface area contributed by atoms with Crippen LogP contribution in [0.3, 0.4) is 0 Å². The van der Waals surface area contributed by atoms with E-state index < -0.39 is 11.7 Å². The maximum absolute atomic E-state index is 13.0. The van der Waals surface area contributed by atoms with Gasteiger partial charge in [0.25, 0.3) is 0 Å². The molecule has 0 unspecified atom stereocenters. The Morgan fingerprint density at radius 1 is 1.33 bits per heavy atom. The van der Waals surface area contributed by atoms with E-state index in [0.29, 0.717) is 11.4 Å². The van der Waals surface area contributed by atoms with Crippen LogP contribution in [-0.2, 0) is 12.7 Å². The van der Waals surface area contributed by atoms with Crippen LogP contribution in [0.15, 0.2) is 30.6 Å². The molecule has 0 fully saturated rings. The van der Waals surface area contributed by atoms with Gasteiger partial charge < -0.3 is 10.3 Å². The first kappa shape index (κ1) is 12.6. The summed E-state index contributed by atoms with van der Waals surface area (Å²) >= 11 is 0. The molecule has 0 bridgehead atoms. The first-order valence-electron chi connectivity index (χ1n) is 5.34. The third-order valence-corrected chi connectivity index (χ3v) is 2.69. The average molecular weight is 255 g/mol. The van der Waals surface area contributed by atoms with E-state index in [2.05, 4.69) is 4.98 Å². The highest BCUT2D eigenvalue weighted by molar-refractivity contribution is 5.46. The molecule has 1 heterocycles. The molecule has 0 saturated carbocycles. The summed E-state index contributed by atoms with van der Waals surface area (Å²) in [5, 5.41) is 0. The van der Waals surface area contributed by atoms with Crippen LogP contribution < -0.4 is 5.73 Å². The zero-order valence-corrected chi connectivity index (χ0v) is 9.70. The van der Waals surface area contributed by atoms with Crippen molar-refractivity contribution in [3.05, 3.63) is 47.5 Å². The third kappa shape index (κ3) is 2.24. The van der Waals surface area contributed by atoms with E-state index in [9.17, 15) is 13.2 Å². The molecule has 0 amide bonds. The summed E-state index contributed by atoms with van der Waals surface area (Å²) in [6.07, 6.45) is -1.45. The van der Waals surface area contributed by atoms with Crippen LogP contribution in [0, 0.1) is 6.92 Å². The van der Waals surface area contributed by atoms with Crippen LogP contribution in [0.1, 0.15) is 17.0 Å². The number of alkyl halides is 3. The Balaban J connectivity index is 2.64. The molecule has 2 aromatic rings. The molecule has 0 spiro atoms. The standard InChI is InChI=1S/C12H12F3N3/c1-8-17-4-5-18(8)11-3-2-9(7-16)6-10(11)12(13,14)15/h2-6H,7,16H2,1H3. The van der Waals surface area contributed by atoms with Crippen LogP contribution in [0.4, 0.5) is 13.2 Å². The zero-order valence-electron chi connectivity index (χ0n) is 9.70. The van der Waals surface area contributed by atoms with E-state index in [-0.39, 0.29) is 12.2 Å². The van der Waals surface area contributed by atoms with Gasteiger partial charge in [-0.3, -0.25) is 0 Å². The Morgan fingerprint density at radius 3 is 2.56 bits per heavy atom. The second kappa shape index (κ2) is 4.45. The minimum atomic E-state index is -4.42. The summed E-state index contributed by atoms with van der Waals surface area (Å²) in [6.45, 7) is 1.73. The molecule has 96 valence electrons. The Labute approximate surface area is 102 Å². The molecule has 1 aromatic heterocycles. The van der Waals surface area contributed by atoms with Gasteiger partial charge in [-0.2, -0.15) is 13.2 Å². The van der Waals surface area contributed by atoms with Crippen molar-refractivity contribution >= 4 is 0 Å². The minimum Gasteiger partial charge on any atom is -0.326 e. The van der Waals surface area contributed by atoms with Crippen LogP contribution >= 0.6 is 0 Å². The number of imidazole rings is 1. The SMILES string of the molecule is Cc1nccn1-c1ccc(CN)cc1C(F)(F)F. The average Bonchev–Trinajstić information content (AvgIpc) is 2.73. The first-order valence-corrected chi connectivity index (χ1v) is 5.34. The number of hydrogen-bond donors (Lipinski definition) is 1. The fourth-order valence-corrected chi connectivity index (χ4v) is 1.78. The molecular formula is C12H12F3N3. The molecule has 0 aliphatic heterocycles. The highest BCUT2D eigenvalue weighted by Crippen LogP contribution is 2.34. The van der Waals surface area contributed by atoms with E-state index in [0.717, 1.165) is 6.07 Å². The quantitative estimate of drug-likeness (QED) is 0.896. The molecular weight excluding hydrogens is 243 g/mol. The van der Waals surface area contributed by atoms with Crippen molar-refractivity contribution in [2.75, 3.05) is 0 Å². The molecule has 0 aliphatic carbocycles. The number of nitrogens with zero attached hydrogens (tertiary/aromatic N) is 2. The molecule has 2 N–H and O–H groups in total. The molecule has 0 aliphatic rings. The molecule has 18 heavy (non-hydrogen) atoms. The lowest BCUT2D eigenvalue weighted by Crippen LogP contribution is -2.12. The minimum absolute atomic E-state index is 0.0645. The smallest absolute Gasteiger partial charge is 0.326 e. The number of nitrogens with two attached hydrogens (primary N) is 1. The van der Waals surface area contributed by atoms with Crippen molar-refractivity contribution in [1.29, 1.82) is 0 Å². The fourth-order valence-electron chi connectivity index (χ4n) is 1.78. The Bertz CT molecular complexity index is 558. The van der Waals surface area contributed by atoms with Crippen molar-refractivity contribution < 1.29 is 13.2 Å². The van der Waals surface area contributed by atoms with Crippen molar-refractivity contribution in [2.45, 2.75) is 19.6 Å². The van der Waals surface area contributed by atoms with Crippen LogP contribution in [0.25, 0.3) is 5.69 Å². The number of rotatable bonds is 2. The number of halogens is 3. The van der Waals surface area contributed by atoms with E-state index in [1.807, 2.05) is 0 Å². The predicted octanol–water partition coefficient (Wildman–Crippen LogP) is 2.66. The normalized spacial score (nSPS) is 11.8. The summed E-state index contributed by atoms with van der Waals surface area (Å²) in [5.74, 6) is 0.501. The van der Waals surface area contributed by atoms with E-state index >= 15 is 0 Å². The van der Waals surface area contributed by atoms with Gasteiger partial charge in [-0.15, -0.1) is 0 Å². The van der Waals surface area contributed by atoms with E-state index in [1.165, 1.54) is 23.0 Å². The molecule has 1 aromatic carbocycles. The first-order chi connectivity index (χ1) is 8.43. The summed E-state index contributed by atoms with van der Waals surface area (Å²) in [5.41, 5.74) is 5.18. The van der Waals surface area contributed by atoms with Crippen LogP contribution in [-0.4, -0.2) is 9.55 Å². The van der Waals surface area contributed by atoms with Gasteiger partial charge in [0, 0.05) is 18.9 Å². The van der Waals surface area contributed by atoms with Crippen molar-refractivity contribution in [3.8, 4) is 5.69 Å². The van der Waals surface area contributed by atoms with Crippen LogP contribution in [0.5, 0.6) is 0 Å². The van der Waals surface area contributed by atoms with E-state index in [1.54, 1.807) is 13.0 Å². The zero-order chi connectivity index (χ0) is 13.3. The van der Waals surface area contributed by atoms with Gasteiger partial charge in [0.05, 0.1) is 11.3 Å². The molecule has 0 saturated heterocycles. The fraction of sp³-hybridized carbons (Fsp3) is 0.250. The van der Waals surface area contributed by atoms with Gasteiger partial charge in [-0.25, -0.2) is 4.98 Å².